The molecule has 0 aliphatic carbocycles. The Balaban J connectivity index is 3.17. The van der Waals surface area contributed by atoms with Crippen molar-refractivity contribution in [2.45, 2.75) is 6.92 Å². The van der Waals surface area contributed by atoms with Crippen molar-refractivity contribution in [2.24, 2.45) is 0 Å². The second kappa shape index (κ2) is 2.57. The Labute approximate surface area is 64.8 Å². The van der Waals surface area contributed by atoms with E-state index in [0.29, 0.717) is 0 Å². The molecular weight excluding hydrogens is 175 g/mol. The number of hydrogen-bond acceptors (Lipinski definition) is 0. The Morgan fingerprint density at radius 3 is 2.44 bits per heavy atom. The molecule has 1 aromatic rings. The zero-order valence-electron chi connectivity index (χ0n) is 5.19. The van der Waals surface area contributed by atoms with Gasteiger partial charge in [-0.2, -0.15) is 0 Å². The van der Waals surface area contributed by atoms with E-state index in [9.17, 15) is 0 Å². The van der Waals surface area contributed by atoms with Crippen LogP contribution in [0.4, 0.5) is 0 Å². The van der Waals surface area contributed by atoms with Crippen LogP contribution in [0.3, 0.4) is 0 Å². The van der Waals surface area contributed by atoms with Crippen LogP contribution in [0.15, 0.2) is 22.7 Å². The van der Waals surface area contributed by atoms with Crippen molar-refractivity contribution in [1.29, 1.82) is 0 Å². The Morgan fingerprint density at radius 1 is 1.33 bits per heavy atom. The van der Waals surface area contributed by atoms with Crippen LogP contribution in [0.1, 0.15) is 5.56 Å². The highest BCUT2D eigenvalue weighted by Gasteiger charge is 1.88. The number of aryl methyl sites for hydroxylation is 1. The first-order valence-corrected chi connectivity index (χ1v) is 3.50. The lowest BCUT2D eigenvalue weighted by atomic mass is 9.95. The van der Waals surface area contributed by atoms with Crippen molar-refractivity contribution in [3.63, 3.8) is 0 Å². The molecule has 0 saturated carbocycles. The first-order chi connectivity index (χ1) is 4.18. The normalized spacial score (nSPS) is 9.56. The van der Waals surface area contributed by atoms with Crippen LogP contribution in [0.5, 0.6) is 0 Å². The fraction of sp³-hybridized carbons (Fsp3) is 0.143. The smallest absolute Gasteiger partial charge is 0.0953 e. The maximum atomic E-state index is 5.53. The van der Waals surface area contributed by atoms with E-state index in [1.54, 1.807) is 0 Å². The average molecular weight is 181 g/mol. The molecule has 0 aliphatic rings. The molecule has 0 atom stereocenters. The van der Waals surface area contributed by atoms with E-state index in [1.165, 1.54) is 5.56 Å². The van der Waals surface area contributed by atoms with Gasteiger partial charge in [-0.25, -0.2) is 0 Å². The van der Waals surface area contributed by atoms with Gasteiger partial charge in [0.2, 0.25) is 0 Å². The third-order valence-electron chi connectivity index (χ3n) is 1.06. The number of halogens is 1. The maximum Gasteiger partial charge on any atom is 0.113 e. The summed E-state index contributed by atoms with van der Waals surface area (Å²) in [5, 5.41) is 0. The first kappa shape index (κ1) is 6.88. The molecule has 0 nitrogen and oxygen atoms in total. The molecule has 0 fully saturated rings. The van der Waals surface area contributed by atoms with Crippen LogP contribution >= 0.6 is 15.9 Å². The summed E-state index contributed by atoms with van der Waals surface area (Å²) < 4.78 is 1.04. The minimum Gasteiger partial charge on any atom is -0.0953 e. The zero-order valence-corrected chi connectivity index (χ0v) is 6.77. The maximum absolute atomic E-state index is 5.53. The van der Waals surface area contributed by atoms with Gasteiger partial charge in [-0.1, -0.05) is 39.1 Å². The molecule has 0 heterocycles. The highest BCUT2D eigenvalue weighted by atomic mass is 79.9. The van der Waals surface area contributed by atoms with E-state index in [1.807, 2.05) is 25.1 Å². The molecule has 44 valence electrons. The van der Waals surface area contributed by atoms with Gasteiger partial charge in [0.05, 0.1) is 0 Å². The molecule has 2 heteroatoms. The lowest BCUT2D eigenvalue weighted by molar-refractivity contribution is 1.47. The van der Waals surface area contributed by atoms with Gasteiger partial charge in [0.25, 0.3) is 0 Å². The van der Waals surface area contributed by atoms with Gasteiger partial charge in [-0.05, 0) is 13.0 Å². The third kappa shape index (κ3) is 1.86. The third-order valence-corrected chi connectivity index (χ3v) is 1.52. The van der Waals surface area contributed by atoms with E-state index in [4.69, 9.17) is 7.85 Å². The van der Waals surface area contributed by atoms with Crippen molar-refractivity contribution in [3.05, 3.63) is 28.2 Å². The highest BCUT2D eigenvalue weighted by Crippen LogP contribution is 2.08. The second-order valence-electron chi connectivity index (χ2n) is 2.06. The summed E-state index contributed by atoms with van der Waals surface area (Å²) in [5.41, 5.74) is 1.99. The van der Waals surface area contributed by atoms with Gasteiger partial charge in [-0.15, -0.1) is 0 Å². The van der Waals surface area contributed by atoms with Gasteiger partial charge in [0.1, 0.15) is 7.85 Å². The molecule has 0 saturated heterocycles. The molecule has 0 aliphatic heterocycles. The minimum absolute atomic E-state index is 0.807. The van der Waals surface area contributed by atoms with Crippen LogP contribution < -0.4 is 5.46 Å². The Kier molecular flexibility index (Phi) is 1.96. The predicted octanol–water partition coefficient (Wildman–Crippen LogP) is 1.55. The molecular formula is C7H6BBr. The largest absolute Gasteiger partial charge is 0.113 e. The molecule has 0 spiro atoms. The first-order valence-electron chi connectivity index (χ1n) is 2.71. The van der Waals surface area contributed by atoms with Crippen LogP contribution in [-0.2, 0) is 0 Å². The van der Waals surface area contributed by atoms with Crippen LogP contribution in [0, 0.1) is 6.92 Å². The van der Waals surface area contributed by atoms with Gasteiger partial charge in [0, 0.05) is 4.47 Å². The molecule has 2 radical (unpaired) electrons. The summed E-state index contributed by atoms with van der Waals surface area (Å²) in [5.74, 6) is 0. The number of rotatable bonds is 0. The quantitative estimate of drug-likeness (QED) is 0.532. The van der Waals surface area contributed by atoms with Crippen molar-refractivity contribution >= 4 is 29.2 Å². The summed E-state index contributed by atoms with van der Waals surface area (Å²) in [6.45, 7) is 2.02. The number of benzene rings is 1. The van der Waals surface area contributed by atoms with E-state index < -0.39 is 0 Å². The zero-order chi connectivity index (χ0) is 6.85. The Morgan fingerprint density at radius 2 is 2.00 bits per heavy atom. The van der Waals surface area contributed by atoms with E-state index in [2.05, 4.69) is 15.9 Å². The predicted molar refractivity (Wildman–Crippen MR) is 44.3 cm³/mol. The van der Waals surface area contributed by atoms with E-state index >= 15 is 0 Å². The summed E-state index contributed by atoms with van der Waals surface area (Å²) in [4.78, 5) is 0. The average Bonchev–Trinajstić information content (AvgIpc) is 1.59. The highest BCUT2D eigenvalue weighted by molar-refractivity contribution is 9.10. The van der Waals surface area contributed by atoms with Gasteiger partial charge < -0.3 is 0 Å². The van der Waals surface area contributed by atoms with Crippen LogP contribution in [0.2, 0.25) is 0 Å². The SMILES string of the molecule is [B]c1cc(C)cc(Br)c1. The fourth-order valence-corrected chi connectivity index (χ4v) is 1.39. The summed E-state index contributed by atoms with van der Waals surface area (Å²) in [6.07, 6.45) is 0. The fourth-order valence-electron chi connectivity index (χ4n) is 0.765. The number of hydrogen-bond donors (Lipinski definition) is 0. The summed E-state index contributed by atoms with van der Waals surface area (Å²) in [7, 11) is 5.53. The topological polar surface area (TPSA) is 0 Å². The second-order valence-corrected chi connectivity index (χ2v) is 2.98. The summed E-state index contributed by atoms with van der Waals surface area (Å²) in [6, 6.07) is 5.84. The molecule has 0 bridgehead atoms. The lowest BCUT2D eigenvalue weighted by Crippen LogP contribution is -2.00. The van der Waals surface area contributed by atoms with Gasteiger partial charge in [-0.3, -0.25) is 0 Å². The van der Waals surface area contributed by atoms with Crippen molar-refractivity contribution in [3.8, 4) is 0 Å². The molecule has 9 heavy (non-hydrogen) atoms. The van der Waals surface area contributed by atoms with Gasteiger partial charge in [0.15, 0.2) is 0 Å². The molecule has 0 amide bonds. The lowest BCUT2D eigenvalue weighted by Gasteiger charge is -1.96. The van der Waals surface area contributed by atoms with Crippen molar-refractivity contribution < 1.29 is 0 Å². The molecule has 0 aromatic heterocycles. The van der Waals surface area contributed by atoms with Crippen molar-refractivity contribution in [1.82, 2.24) is 0 Å². The van der Waals surface area contributed by atoms with Crippen LogP contribution in [-0.4, -0.2) is 7.85 Å². The monoisotopic (exact) mass is 180 g/mol. The Hall–Kier alpha value is -0.235. The molecule has 1 aromatic carbocycles. The standard InChI is InChI=1S/C7H6BBr/c1-5-2-6(8)4-7(9)3-5/h2-4H,1H3. The van der Waals surface area contributed by atoms with Crippen LogP contribution in [0.25, 0.3) is 0 Å². The van der Waals surface area contributed by atoms with Crippen molar-refractivity contribution in [2.75, 3.05) is 0 Å². The molecule has 1 rings (SSSR count). The van der Waals surface area contributed by atoms with Gasteiger partial charge >= 0.3 is 0 Å². The molecule has 0 unspecified atom stereocenters. The summed E-state index contributed by atoms with van der Waals surface area (Å²) >= 11 is 3.33. The molecule has 0 N–H and O–H groups in total. The Bertz CT molecular complexity index is 170. The van der Waals surface area contributed by atoms with E-state index in [0.717, 1.165) is 9.94 Å². The minimum atomic E-state index is 0.807. The van der Waals surface area contributed by atoms with E-state index in [-0.39, 0.29) is 0 Å².